The molecule has 0 aromatic heterocycles. The van der Waals surface area contributed by atoms with Gasteiger partial charge in [-0.05, 0) is 25.3 Å². The van der Waals surface area contributed by atoms with Gasteiger partial charge in [0, 0.05) is 19.7 Å². The molecule has 0 aliphatic heterocycles. The molecule has 1 aromatic rings. The van der Waals surface area contributed by atoms with E-state index < -0.39 is 5.41 Å². The summed E-state index contributed by atoms with van der Waals surface area (Å²) in [5.41, 5.74) is 6.36. The van der Waals surface area contributed by atoms with Crippen molar-refractivity contribution in [1.29, 1.82) is 0 Å². The number of benzene rings is 1. The van der Waals surface area contributed by atoms with Crippen molar-refractivity contribution in [1.82, 2.24) is 5.32 Å². The summed E-state index contributed by atoms with van der Waals surface area (Å²) in [5, 5.41) is 2.92. The minimum atomic E-state index is -0.453. The fraction of sp³-hybridized carbons (Fsp3) is 0.562. The van der Waals surface area contributed by atoms with Gasteiger partial charge in [-0.15, -0.1) is 0 Å². The number of hydrogen-bond acceptors (Lipinski definition) is 3. The van der Waals surface area contributed by atoms with Crippen LogP contribution in [-0.2, 0) is 16.1 Å². The largest absolute Gasteiger partial charge is 0.377 e. The summed E-state index contributed by atoms with van der Waals surface area (Å²) in [5.74, 6) is 0.0329. The maximum Gasteiger partial charge on any atom is 0.227 e. The van der Waals surface area contributed by atoms with Crippen LogP contribution in [0.25, 0.3) is 0 Å². The van der Waals surface area contributed by atoms with Gasteiger partial charge in [-0.3, -0.25) is 4.79 Å². The zero-order valence-corrected chi connectivity index (χ0v) is 12.5. The number of carbonyl (C=O) groups excluding carboxylic acids is 1. The molecule has 20 heavy (non-hydrogen) atoms. The highest BCUT2D eigenvalue weighted by Gasteiger charge is 2.28. The monoisotopic (exact) mass is 278 g/mol. The molecule has 1 amide bonds. The summed E-state index contributed by atoms with van der Waals surface area (Å²) in [6.45, 7) is 6.14. The van der Waals surface area contributed by atoms with Crippen molar-refractivity contribution < 1.29 is 9.53 Å². The Hall–Kier alpha value is -1.39. The smallest absolute Gasteiger partial charge is 0.227 e. The topological polar surface area (TPSA) is 64.4 Å². The van der Waals surface area contributed by atoms with E-state index in [4.69, 9.17) is 10.5 Å². The van der Waals surface area contributed by atoms with E-state index in [0.29, 0.717) is 26.3 Å². The third-order valence-corrected chi connectivity index (χ3v) is 3.64. The Kier molecular flexibility index (Phi) is 7.26. The molecule has 0 aliphatic carbocycles. The molecular weight excluding hydrogens is 252 g/mol. The lowest BCUT2D eigenvalue weighted by Gasteiger charge is -2.24. The van der Waals surface area contributed by atoms with Crippen molar-refractivity contribution in [2.75, 3.05) is 19.7 Å². The number of ether oxygens (including phenoxy) is 1. The maximum absolute atomic E-state index is 11.9. The Morgan fingerprint density at radius 1 is 1.35 bits per heavy atom. The molecule has 0 saturated carbocycles. The number of carbonyl (C=O) groups is 1. The summed E-state index contributed by atoms with van der Waals surface area (Å²) in [4.78, 5) is 11.9. The Balaban J connectivity index is 2.12. The van der Waals surface area contributed by atoms with Gasteiger partial charge in [-0.1, -0.05) is 37.3 Å². The van der Waals surface area contributed by atoms with E-state index in [1.54, 1.807) is 0 Å². The predicted molar refractivity (Wildman–Crippen MR) is 81.2 cm³/mol. The summed E-state index contributed by atoms with van der Waals surface area (Å²) in [7, 11) is 0. The van der Waals surface area contributed by atoms with Crippen LogP contribution in [0, 0.1) is 5.41 Å². The highest BCUT2D eigenvalue weighted by atomic mass is 16.5. The lowest BCUT2D eigenvalue weighted by Crippen LogP contribution is -2.43. The fourth-order valence-electron chi connectivity index (χ4n) is 1.75. The van der Waals surface area contributed by atoms with Crippen molar-refractivity contribution in [3.05, 3.63) is 35.9 Å². The van der Waals surface area contributed by atoms with Crippen LogP contribution in [0.15, 0.2) is 30.3 Å². The SMILES string of the molecule is CCC(C)(CN)C(=O)NCCCOCc1ccccc1. The molecule has 0 saturated heterocycles. The first-order chi connectivity index (χ1) is 9.62. The molecule has 0 bridgehead atoms. The average Bonchev–Trinajstić information content (AvgIpc) is 2.50. The number of nitrogens with two attached hydrogens (primary N) is 1. The van der Waals surface area contributed by atoms with Crippen LogP contribution in [0.4, 0.5) is 0 Å². The van der Waals surface area contributed by atoms with Crippen LogP contribution in [0.3, 0.4) is 0 Å². The van der Waals surface area contributed by atoms with Gasteiger partial charge in [0.25, 0.3) is 0 Å². The second kappa shape index (κ2) is 8.72. The van der Waals surface area contributed by atoms with Gasteiger partial charge >= 0.3 is 0 Å². The van der Waals surface area contributed by atoms with E-state index in [2.05, 4.69) is 5.32 Å². The summed E-state index contributed by atoms with van der Waals surface area (Å²) < 4.78 is 5.56. The molecule has 4 nitrogen and oxygen atoms in total. The van der Waals surface area contributed by atoms with Crippen molar-refractivity contribution >= 4 is 5.91 Å². The van der Waals surface area contributed by atoms with E-state index in [1.807, 2.05) is 44.2 Å². The van der Waals surface area contributed by atoms with Crippen LogP contribution in [0.2, 0.25) is 0 Å². The molecule has 1 atom stereocenters. The summed E-state index contributed by atoms with van der Waals surface area (Å²) in [6, 6.07) is 10.1. The molecule has 1 aromatic carbocycles. The zero-order chi connectivity index (χ0) is 14.8. The maximum atomic E-state index is 11.9. The molecule has 0 heterocycles. The van der Waals surface area contributed by atoms with E-state index >= 15 is 0 Å². The van der Waals surface area contributed by atoms with Crippen LogP contribution in [-0.4, -0.2) is 25.6 Å². The quantitative estimate of drug-likeness (QED) is 0.680. The molecule has 0 spiro atoms. The molecule has 112 valence electrons. The molecular formula is C16H26N2O2. The lowest BCUT2D eigenvalue weighted by molar-refractivity contribution is -0.129. The number of nitrogens with one attached hydrogen (secondary N) is 1. The second-order valence-corrected chi connectivity index (χ2v) is 5.27. The summed E-state index contributed by atoms with van der Waals surface area (Å²) >= 11 is 0. The van der Waals surface area contributed by atoms with Crippen molar-refractivity contribution in [2.24, 2.45) is 11.1 Å². The minimum Gasteiger partial charge on any atom is -0.377 e. The van der Waals surface area contributed by atoms with Crippen molar-refractivity contribution in [2.45, 2.75) is 33.3 Å². The van der Waals surface area contributed by atoms with E-state index in [-0.39, 0.29) is 5.91 Å². The standard InChI is InChI=1S/C16H26N2O2/c1-3-16(2,13-17)15(19)18-10-7-11-20-12-14-8-5-4-6-9-14/h4-6,8-9H,3,7,10-13,17H2,1-2H3,(H,18,19). The van der Waals surface area contributed by atoms with E-state index in [1.165, 1.54) is 5.56 Å². The second-order valence-electron chi connectivity index (χ2n) is 5.27. The van der Waals surface area contributed by atoms with Crippen LogP contribution >= 0.6 is 0 Å². The van der Waals surface area contributed by atoms with E-state index in [0.717, 1.165) is 12.8 Å². The highest BCUT2D eigenvalue weighted by molar-refractivity contribution is 5.82. The minimum absolute atomic E-state index is 0.0329. The lowest BCUT2D eigenvalue weighted by atomic mass is 9.87. The highest BCUT2D eigenvalue weighted by Crippen LogP contribution is 2.18. The van der Waals surface area contributed by atoms with Crippen molar-refractivity contribution in [3.63, 3.8) is 0 Å². The van der Waals surface area contributed by atoms with Crippen LogP contribution in [0.5, 0.6) is 0 Å². The Morgan fingerprint density at radius 3 is 2.65 bits per heavy atom. The number of rotatable bonds is 9. The molecule has 1 rings (SSSR count). The third-order valence-electron chi connectivity index (χ3n) is 3.64. The first-order valence-corrected chi connectivity index (χ1v) is 7.22. The molecule has 3 N–H and O–H groups in total. The number of amides is 1. The zero-order valence-electron chi connectivity index (χ0n) is 12.5. The predicted octanol–water partition coefficient (Wildman–Crippen LogP) is 2.08. The third kappa shape index (κ3) is 5.31. The van der Waals surface area contributed by atoms with Gasteiger partial charge in [-0.25, -0.2) is 0 Å². The Bertz CT molecular complexity index is 389. The van der Waals surface area contributed by atoms with Gasteiger partial charge in [0.15, 0.2) is 0 Å². The average molecular weight is 278 g/mol. The van der Waals surface area contributed by atoms with E-state index in [9.17, 15) is 4.79 Å². The summed E-state index contributed by atoms with van der Waals surface area (Å²) in [6.07, 6.45) is 1.56. The fourth-order valence-corrected chi connectivity index (χ4v) is 1.75. The molecule has 0 fully saturated rings. The first-order valence-electron chi connectivity index (χ1n) is 7.22. The molecule has 1 unspecified atom stereocenters. The molecule has 0 radical (unpaired) electrons. The van der Waals surface area contributed by atoms with Gasteiger partial charge in [0.2, 0.25) is 5.91 Å². The molecule has 4 heteroatoms. The normalized spacial score (nSPS) is 13.8. The van der Waals surface area contributed by atoms with Crippen LogP contribution < -0.4 is 11.1 Å². The van der Waals surface area contributed by atoms with Crippen LogP contribution in [0.1, 0.15) is 32.3 Å². The Labute approximate surface area is 121 Å². The van der Waals surface area contributed by atoms with Crippen molar-refractivity contribution in [3.8, 4) is 0 Å². The van der Waals surface area contributed by atoms with Gasteiger partial charge in [-0.2, -0.15) is 0 Å². The van der Waals surface area contributed by atoms with Gasteiger partial charge < -0.3 is 15.8 Å². The Morgan fingerprint density at radius 2 is 2.05 bits per heavy atom. The first kappa shape index (κ1) is 16.7. The number of hydrogen-bond donors (Lipinski definition) is 2. The molecule has 0 aliphatic rings. The van der Waals surface area contributed by atoms with Gasteiger partial charge in [0.1, 0.15) is 0 Å². The van der Waals surface area contributed by atoms with Gasteiger partial charge in [0.05, 0.1) is 12.0 Å².